The normalized spacial score (nSPS) is 13.1. The van der Waals surface area contributed by atoms with Crippen molar-refractivity contribution in [3.05, 3.63) is 36.5 Å². The van der Waals surface area contributed by atoms with Crippen molar-refractivity contribution in [3.63, 3.8) is 0 Å². The second-order valence-corrected chi connectivity index (χ2v) is 26.3. The number of phosphoric ester groups is 1. The molecule has 0 amide bonds. The van der Waals surface area contributed by atoms with Crippen molar-refractivity contribution in [3.8, 4) is 0 Å². The van der Waals surface area contributed by atoms with Crippen molar-refractivity contribution in [1.29, 1.82) is 0 Å². The number of nitrogens with two attached hydrogens (primary N) is 1. The van der Waals surface area contributed by atoms with Gasteiger partial charge in [-0.1, -0.05) is 359 Å². The summed E-state index contributed by atoms with van der Waals surface area (Å²) in [5.74, 6) is -0.805. The highest BCUT2D eigenvalue weighted by molar-refractivity contribution is 7.47. The van der Waals surface area contributed by atoms with Crippen LogP contribution in [-0.2, 0) is 32.7 Å². The minimum atomic E-state index is -4.39. The van der Waals surface area contributed by atoms with Crippen molar-refractivity contribution in [2.24, 2.45) is 5.73 Å². The summed E-state index contributed by atoms with van der Waals surface area (Å²) in [7, 11) is -4.39. The van der Waals surface area contributed by atoms with Gasteiger partial charge in [-0.05, 0) is 51.4 Å². The van der Waals surface area contributed by atoms with E-state index in [1.165, 1.54) is 308 Å². The van der Waals surface area contributed by atoms with E-state index in [1.54, 1.807) is 0 Å². The third-order valence-corrected chi connectivity index (χ3v) is 17.5. The summed E-state index contributed by atoms with van der Waals surface area (Å²) in [5.41, 5.74) is 5.41. The fourth-order valence-corrected chi connectivity index (χ4v) is 11.9. The number of hydrogen-bond donors (Lipinski definition) is 2. The van der Waals surface area contributed by atoms with Crippen LogP contribution in [0.2, 0.25) is 0 Å². The van der Waals surface area contributed by atoms with Crippen LogP contribution in [0.5, 0.6) is 0 Å². The van der Waals surface area contributed by atoms with Crippen LogP contribution >= 0.6 is 7.82 Å². The molecule has 9 nitrogen and oxygen atoms in total. The Morgan fingerprint density at radius 1 is 0.361 bits per heavy atom. The molecule has 0 aromatic carbocycles. The van der Waals surface area contributed by atoms with Gasteiger partial charge in [-0.15, -0.1) is 0 Å². The van der Waals surface area contributed by atoms with Gasteiger partial charge in [0.15, 0.2) is 6.10 Å². The Labute approximate surface area is 515 Å². The van der Waals surface area contributed by atoms with Gasteiger partial charge in [0.1, 0.15) is 6.61 Å². The molecule has 0 bridgehead atoms. The van der Waals surface area contributed by atoms with E-state index in [-0.39, 0.29) is 38.6 Å². The summed E-state index contributed by atoms with van der Waals surface area (Å²) < 4.78 is 33.2. The highest BCUT2D eigenvalue weighted by Crippen LogP contribution is 2.43. The maximum absolute atomic E-state index is 12.8. The molecule has 0 radical (unpaired) electrons. The monoisotopic (exact) mass is 1190 g/mol. The van der Waals surface area contributed by atoms with Crippen LogP contribution in [0.3, 0.4) is 0 Å². The zero-order valence-electron chi connectivity index (χ0n) is 55.2. The number of carbonyl (C=O) groups is 2. The Morgan fingerprint density at radius 2 is 0.627 bits per heavy atom. The largest absolute Gasteiger partial charge is 0.472 e. The number of ether oxygens (including phenoxy) is 2. The van der Waals surface area contributed by atoms with Crippen LogP contribution in [0, 0.1) is 0 Å². The molecule has 0 rings (SSSR count). The lowest BCUT2D eigenvalue weighted by Gasteiger charge is -2.19. The number of hydrogen-bond acceptors (Lipinski definition) is 8. The number of esters is 2. The van der Waals surface area contributed by atoms with E-state index in [9.17, 15) is 19.0 Å². The van der Waals surface area contributed by atoms with E-state index in [4.69, 9.17) is 24.3 Å². The van der Waals surface area contributed by atoms with Gasteiger partial charge in [0.2, 0.25) is 0 Å². The average molecular weight is 1190 g/mol. The van der Waals surface area contributed by atoms with Gasteiger partial charge in [-0.2, -0.15) is 0 Å². The summed E-state index contributed by atoms with van der Waals surface area (Å²) in [6.45, 7) is 3.81. The molecular weight excluding hydrogens is 1050 g/mol. The summed E-state index contributed by atoms with van der Waals surface area (Å²) in [6.07, 6.45) is 86.8. The second-order valence-electron chi connectivity index (χ2n) is 24.8. The first-order valence-corrected chi connectivity index (χ1v) is 38.0. The van der Waals surface area contributed by atoms with Crippen LogP contribution < -0.4 is 5.73 Å². The van der Waals surface area contributed by atoms with Gasteiger partial charge in [-0.3, -0.25) is 18.6 Å². The predicted molar refractivity (Wildman–Crippen MR) is 358 cm³/mol. The molecule has 490 valence electrons. The molecule has 2 unspecified atom stereocenters. The highest BCUT2D eigenvalue weighted by atomic mass is 31.2. The molecule has 0 heterocycles. The Kier molecular flexibility index (Phi) is 67.9. The van der Waals surface area contributed by atoms with Gasteiger partial charge in [0.25, 0.3) is 0 Å². The zero-order valence-corrected chi connectivity index (χ0v) is 56.1. The number of rotatable bonds is 70. The molecule has 0 spiro atoms. The fraction of sp³-hybridized carbons (Fsp3) is 0.890. The Balaban J connectivity index is 3.81. The van der Waals surface area contributed by atoms with E-state index >= 15 is 0 Å². The lowest BCUT2D eigenvalue weighted by molar-refractivity contribution is -0.161. The number of allylic oxidation sites excluding steroid dienone is 6. The van der Waals surface area contributed by atoms with E-state index in [0.717, 1.165) is 44.9 Å². The SMILES string of the molecule is CCCCCCC/C=C\C/C=C\C/C=C\CCCCCCCCCCCCCCCCCCC(=O)OC(COC(=O)CCCCCCCCCCCCCCCCCCCCCCCCCCCCCCCCC)COP(=O)(O)OCCN. The van der Waals surface area contributed by atoms with Crippen LogP contribution in [0.15, 0.2) is 36.5 Å². The Morgan fingerprint density at radius 3 is 0.928 bits per heavy atom. The van der Waals surface area contributed by atoms with Crippen molar-refractivity contribution in [1.82, 2.24) is 0 Å². The molecule has 10 heteroatoms. The Bertz CT molecular complexity index is 1450. The lowest BCUT2D eigenvalue weighted by Crippen LogP contribution is -2.29. The number of carbonyl (C=O) groups excluding carboxylic acids is 2. The van der Waals surface area contributed by atoms with Gasteiger partial charge in [-0.25, -0.2) is 4.57 Å². The summed E-state index contributed by atoms with van der Waals surface area (Å²) in [4.78, 5) is 35.4. The zero-order chi connectivity index (χ0) is 60.1. The lowest BCUT2D eigenvalue weighted by atomic mass is 10.0. The number of unbranched alkanes of at least 4 members (excludes halogenated alkanes) is 51. The smallest absolute Gasteiger partial charge is 0.462 e. The fourth-order valence-electron chi connectivity index (χ4n) is 11.1. The average Bonchev–Trinajstić information content (AvgIpc) is 3.48. The Hall–Kier alpha value is -1.77. The van der Waals surface area contributed by atoms with E-state index in [1.807, 2.05) is 0 Å². The molecular formula is C73H140NO8P. The maximum atomic E-state index is 12.8. The molecule has 0 saturated carbocycles. The number of phosphoric acid groups is 1. The summed E-state index contributed by atoms with van der Waals surface area (Å²) in [6, 6.07) is 0. The van der Waals surface area contributed by atoms with Crippen LogP contribution in [-0.4, -0.2) is 49.3 Å². The van der Waals surface area contributed by atoms with Crippen molar-refractivity contribution < 1.29 is 37.6 Å². The predicted octanol–water partition coefficient (Wildman–Crippen LogP) is 23.9. The van der Waals surface area contributed by atoms with Gasteiger partial charge in [0.05, 0.1) is 13.2 Å². The van der Waals surface area contributed by atoms with E-state index in [2.05, 4.69) is 50.3 Å². The highest BCUT2D eigenvalue weighted by Gasteiger charge is 2.26. The molecule has 0 saturated heterocycles. The molecule has 0 aromatic rings. The first-order valence-electron chi connectivity index (χ1n) is 36.5. The summed E-state index contributed by atoms with van der Waals surface area (Å²) in [5, 5.41) is 0. The molecule has 2 atom stereocenters. The minimum absolute atomic E-state index is 0.0558. The quantitative estimate of drug-likeness (QED) is 0.0264. The standard InChI is InChI=1S/C73H140NO8P/c1-3-5-7-9-11-13-15-17-19-21-23-25-27-29-31-33-35-37-39-41-43-45-47-49-51-53-55-57-59-61-63-65-72(75)79-69-71(70-81-83(77,78)80-68-67-74)82-73(76)66-64-62-60-58-56-54-52-50-48-46-44-42-40-38-36-34-32-30-28-26-24-22-20-18-16-14-12-10-8-6-4-2/h16,18,22,24,28,30,71H,3-15,17,19-21,23,25-27,29,31-70,74H2,1-2H3,(H,77,78)/b18-16-,24-22-,30-28-. The van der Waals surface area contributed by atoms with Crippen LogP contribution in [0.4, 0.5) is 0 Å². The van der Waals surface area contributed by atoms with E-state index in [0.29, 0.717) is 6.42 Å². The van der Waals surface area contributed by atoms with Crippen LogP contribution in [0.1, 0.15) is 386 Å². The van der Waals surface area contributed by atoms with Gasteiger partial charge >= 0.3 is 19.8 Å². The second kappa shape index (κ2) is 69.3. The van der Waals surface area contributed by atoms with Crippen molar-refractivity contribution in [2.45, 2.75) is 392 Å². The van der Waals surface area contributed by atoms with Crippen molar-refractivity contribution in [2.75, 3.05) is 26.4 Å². The van der Waals surface area contributed by atoms with Gasteiger partial charge in [0, 0.05) is 19.4 Å². The molecule has 0 fully saturated rings. The van der Waals surface area contributed by atoms with Crippen LogP contribution in [0.25, 0.3) is 0 Å². The van der Waals surface area contributed by atoms with E-state index < -0.39 is 26.5 Å². The molecule has 0 aliphatic carbocycles. The maximum Gasteiger partial charge on any atom is 0.472 e. The third kappa shape index (κ3) is 69.2. The first-order chi connectivity index (χ1) is 40.8. The topological polar surface area (TPSA) is 134 Å². The molecule has 0 aromatic heterocycles. The molecule has 3 N–H and O–H groups in total. The minimum Gasteiger partial charge on any atom is -0.462 e. The molecule has 0 aliphatic rings. The molecule has 83 heavy (non-hydrogen) atoms. The van der Waals surface area contributed by atoms with Crippen molar-refractivity contribution >= 4 is 19.8 Å². The summed E-state index contributed by atoms with van der Waals surface area (Å²) >= 11 is 0. The third-order valence-electron chi connectivity index (χ3n) is 16.5. The first kappa shape index (κ1) is 81.2. The van der Waals surface area contributed by atoms with Gasteiger partial charge < -0.3 is 20.1 Å². The molecule has 0 aliphatic heterocycles.